The molecule has 0 aromatic heterocycles. The average molecular weight is 461 g/mol. The smallest absolute Gasteiger partial charge is 0.225 e. The largest absolute Gasteiger partial charge is 0.508 e. The number of amides is 1. The highest BCUT2D eigenvalue weighted by atomic mass is 16.5. The van der Waals surface area contributed by atoms with Gasteiger partial charge in [-0.1, -0.05) is 6.07 Å². The third-order valence-corrected chi connectivity index (χ3v) is 9.25. The Morgan fingerprint density at radius 1 is 1.12 bits per heavy atom. The van der Waals surface area contributed by atoms with E-state index in [9.17, 15) is 9.90 Å². The molecule has 3 fully saturated rings. The van der Waals surface area contributed by atoms with Crippen LogP contribution < -0.4 is 10.1 Å². The van der Waals surface area contributed by atoms with Crippen molar-refractivity contribution >= 4 is 11.6 Å². The maximum atomic E-state index is 12.2. The fraction of sp³-hybridized carbons (Fsp3) is 0.552. The predicted octanol–water partition coefficient (Wildman–Crippen LogP) is 5.20. The Morgan fingerprint density at radius 3 is 2.71 bits per heavy atom. The van der Waals surface area contributed by atoms with Gasteiger partial charge in [0, 0.05) is 24.6 Å². The molecular formula is C29H36N2O3. The summed E-state index contributed by atoms with van der Waals surface area (Å²) in [6, 6.07) is 13.9. The van der Waals surface area contributed by atoms with Gasteiger partial charge in [-0.2, -0.15) is 0 Å². The lowest BCUT2D eigenvalue weighted by Crippen LogP contribution is -2.46. The van der Waals surface area contributed by atoms with Crippen LogP contribution in [0.2, 0.25) is 0 Å². The SMILES string of the molecule is CN(C)CCC(=O)Nc1ccc(O[C@H]2CC34CC3CCC4[C@@H]3CCc4cc(O)ccc4[C@@H]23)cc1. The number of rotatable bonds is 6. The molecule has 4 aliphatic rings. The van der Waals surface area contributed by atoms with Gasteiger partial charge in [0.25, 0.3) is 0 Å². The van der Waals surface area contributed by atoms with Crippen LogP contribution in [0.15, 0.2) is 42.5 Å². The highest BCUT2D eigenvalue weighted by Gasteiger charge is 2.68. The van der Waals surface area contributed by atoms with E-state index in [-0.39, 0.29) is 12.0 Å². The molecule has 0 aliphatic heterocycles. The summed E-state index contributed by atoms with van der Waals surface area (Å²) in [5.41, 5.74) is 4.02. The number of phenols is 1. The van der Waals surface area contributed by atoms with Crippen LogP contribution in [0, 0.1) is 23.2 Å². The predicted molar refractivity (Wildman–Crippen MR) is 133 cm³/mol. The highest BCUT2D eigenvalue weighted by Crippen LogP contribution is 2.75. The van der Waals surface area contributed by atoms with Gasteiger partial charge in [0.2, 0.25) is 5.91 Å². The highest BCUT2D eigenvalue weighted by molar-refractivity contribution is 5.90. The zero-order valence-electron chi connectivity index (χ0n) is 20.3. The van der Waals surface area contributed by atoms with Gasteiger partial charge in [-0.3, -0.25) is 4.79 Å². The number of carbonyl (C=O) groups is 1. The van der Waals surface area contributed by atoms with E-state index in [4.69, 9.17) is 4.74 Å². The molecular weight excluding hydrogens is 424 g/mol. The van der Waals surface area contributed by atoms with E-state index < -0.39 is 0 Å². The Hall–Kier alpha value is -2.53. The van der Waals surface area contributed by atoms with Crippen LogP contribution in [0.1, 0.15) is 55.6 Å². The molecule has 34 heavy (non-hydrogen) atoms. The zero-order chi connectivity index (χ0) is 23.4. The van der Waals surface area contributed by atoms with Crippen LogP contribution in [0.4, 0.5) is 5.69 Å². The van der Waals surface area contributed by atoms with E-state index in [0.29, 0.717) is 29.4 Å². The molecule has 2 aromatic rings. The lowest BCUT2D eigenvalue weighted by Gasteiger charge is -2.49. The Balaban J connectivity index is 1.22. The molecule has 5 nitrogen and oxygen atoms in total. The summed E-state index contributed by atoms with van der Waals surface area (Å²) >= 11 is 0. The van der Waals surface area contributed by atoms with E-state index in [0.717, 1.165) is 42.7 Å². The molecule has 0 heterocycles. The molecule has 3 saturated carbocycles. The minimum absolute atomic E-state index is 0.0331. The van der Waals surface area contributed by atoms with Crippen molar-refractivity contribution in [2.45, 2.75) is 57.0 Å². The van der Waals surface area contributed by atoms with Gasteiger partial charge in [0.1, 0.15) is 17.6 Å². The van der Waals surface area contributed by atoms with Crippen molar-refractivity contribution in [2.24, 2.45) is 23.2 Å². The fourth-order valence-corrected chi connectivity index (χ4v) is 7.70. The summed E-state index contributed by atoms with van der Waals surface area (Å²) in [4.78, 5) is 14.2. The molecule has 0 radical (unpaired) electrons. The summed E-state index contributed by atoms with van der Waals surface area (Å²) in [6.45, 7) is 0.736. The summed E-state index contributed by atoms with van der Waals surface area (Å²) in [7, 11) is 3.94. The average Bonchev–Trinajstić information content (AvgIpc) is 3.38. The Labute approximate surface area is 202 Å². The van der Waals surface area contributed by atoms with Gasteiger partial charge in [0.15, 0.2) is 0 Å². The number of aromatic hydroxyl groups is 1. The summed E-state index contributed by atoms with van der Waals surface area (Å²) in [6.07, 6.45) is 8.23. The number of nitrogens with one attached hydrogen (secondary N) is 1. The summed E-state index contributed by atoms with van der Waals surface area (Å²) in [5, 5.41) is 13.1. The number of phenolic OH excluding ortho intramolecular Hbond substituents is 1. The minimum atomic E-state index is 0.0331. The molecule has 6 atom stereocenters. The second kappa shape index (κ2) is 8.30. The number of nitrogens with zero attached hydrogens (tertiary/aromatic N) is 1. The van der Waals surface area contributed by atoms with E-state index >= 15 is 0 Å². The third kappa shape index (κ3) is 3.78. The van der Waals surface area contributed by atoms with Gasteiger partial charge in [0.05, 0.1) is 0 Å². The third-order valence-electron chi connectivity index (χ3n) is 9.25. The summed E-state index contributed by atoms with van der Waals surface area (Å²) < 4.78 is 6.77. The summed E-state index contributed by atoms with van der Waals surface area (Å²) in [5.74, 6) is 4.10. The second-order valence-corrected chi connectivity index (χ2v) is 11.4. The van der Waals surface area contributed by atoms with Crippen LogP contribution in [0.5, 0.6) is 11.5 Å². The van der Waals surface area contributed by atoms with Crippen LogP contribution in [0.3, 0.4) is 0 Å². The Morgan fingerprint density at radius 2 is 1.94 bits per heavy atom. The van der Waals surface area contributed by atoms with Gasteiger partial charge in [-0.05, 0) is 123 Å². The molecule has 180 valence electrons. The second-order valence-electron chi connectivity index (χ2n) is 11.4. The van der Waals surface area contributed by atoms with Crippen LogP contribution >= 0.6 is 0 Å². The van der Waals surface area contributed by atoms with E-state index in [2.05, 4.69) is 11.4 Å². The van der Waals surface area contributed by atoms with Crippen molar-refractivity contribution in [1.29, 1.82) is 0 Å². The fourth-order valence-electron chi connectivity index (χ4n) is 7.70. The molecule has 3 unspecified atom stereocenters. The minimum Gasteiger partial charge on any atom is -0.508 e. The first kappa shape index (κ1) is 22.0. The monoisotopic (exact) mass is 460 g/mol. The van der Waals surface area contributed by atoms with Crippen LogP contribution in [-0.4, -0.2) is 42.7 Å². The first-order valence-electron chi connectivity index (χ1n) is 13.0. The van der Waals surface area contributed by atoms with E-state index in [1.807, 2.05) is 55.4 Å². The van der Waals surface area contributed by atoms with Crippen molar-refractivity contribution in [3.05, 3.63) is 53.6 Å². The number of carbonyl (C=O) groups excluding carboxylic acids is 1. The topological polar surface area (TPSA) is 61.8 Å². The molecule has 1 spiro atoms. The van der Waals surface area contributed by atoms with Crippen LogP contribution in [0.25, 0.3) is 0 Å². The van der Waals surface area contributed by atoms with Crippen molar-refractivity contribution < 1.29 is 14.6 Å². The maximum absolute atomic E-state index is 12.2. The zero-order valence-corrected chi connectivity index (χ0v) is 20.3. The van der Waals surface area contributed by atoms with Gasteiger partial charge < -0.3 is 20.1 Å². The first-order valence-corrected chi connectivity index (χ1v) is 13.0. The number of fused-ring (bicyclic) bond motifs is 4. The van der Waals surface area contributed by atoms with Crippen molar-refractivity contribution in [1.82, 2.24) is 4.90 Å². The lowest BCUT2D eigenvalue weighted by atomic mass is 9.57. The van der Waals surface area contributed by atoms with Crippen molar-refractivity contribution in [3.8, 4) is 11.5 Å². The van der Waals surface area contributed by atoms with Crippen LogP contribution in [-0.2, 0) is 11.2 Å². The normalized spacial score (nSPS) is 32.9. The molecule has 2 aromatic carbocycles. The van der Waals surface area contributed by atoms with Crippen molar-refractivity contribution in [2.75, 3.05) is 26.0 Å². The molecule has 0 bridgehead atoms. The molecule has 0 saturated heterocycles. The van der Waals surface area contributed by atoms with E-state index in [1.165, 1.54) is 36.8 Å². The number of hydrogen-bond acceptors (Lipinski definition) is 4. The molecule has 5 heteroatoms. The molecule has 2 N–H and O–H groups in total. The van der Waals surface area contributed by atoms with Gasteiger partial charge in [-0.25, -0.2) is 0 Å². The number of hydrogen-bond donors (Lipinski definition) is 2. The standard InChI is InChI=1S/C29H36N2O3/c1-31(2)14-13-27(33)30-20-5-8-22(9-6-20)34-26-17-29-16-19(29)4-12-25(29)24-10-3-18-15-21(32)7-11-23(18)28(24)26/h5-9,11,15,19,24-26,28,32H,3-4,10,12-14,16-17H2,1-2H3,(H,30,33)/t19?,24-,25?,26-,28+,29?/m0/s1. The quantitative estimate of drug-likeness (QED) is 0.622. The maximum Gasteiger partial charge on any atom is 0.225 e. The number of anilines is 1. The Bertz CT molecular complexity index is 1080. The number of aryl methyl sites for hydroxylation is 1. The molecule has 6 rings (SSSR count). The Kier molecular flexibility index (Phi) is 5.36. The van der Waals surface area contributed by atoms with E-state index in [1.54, 1.807) is 0 Å². The first-order chi connectivity index (χ1) is 16.4. The lowest BCUT2D eigenvalue weighted by molar-refractivity contribution is -0.116. The number of benzene rings is 2. The molecule has 4 aliphatic carbocycles. The number of ether oxygens (including phenoxy) is 1. The van der Waals surface area contributed by atoms with Crippen molar-refractivity contribution in [3.63, 3.8) is 0 Å². The van der Waals surface area contributed by atoms with Gasteiger partial charge >= 0.3 is 0 Å². The molecule has 1 amide bonds. The van der Waals surface area contributed by atoms with Gasteiger partial charge in [-0.15, -0.1) is 0 Å².